The van der Waals surface area contributed by atoms with Crippen LogP contribution < -0.4 is 10.1 Å². The number of aliphatic hydroxyl groups excluding tert-OH is 1. The van der Waals surface area contributed by atoms with Crippen molar-refractivity contribution in [2.45, 2.75) is 40.2 Å². The van der Waals surface area contributed by atoms with Crippen molar-refractivity contribution in [2.24, 2.45) is 5.41 Å². The lowest BCUT2D eigenvalue weighted by Gasteiger charge is -2.18. The van der Waals surface area contributed by atoms with Crippen molar-refractivity contribution in [1.29, 1.82) is 0 Å². The molecule has 0 radical (unpaired) electrons. The Balaban J connectivity index is 2.36. The molecule has 1 aromatic carbocycles. The van der Waals surface area contributed by atoms with E-state index in [2.05, 4.69) is 26.1 Å². The van der Waals surface area contributed by atoms with Crippen LogP contribution in [0.2, 0.25) is 0 Å². The maximum atomic E-state index is 11.6. The van der Waals surface area contributed by atoms with Crippen molar-refractivity contribution in [3.8, 4) is 5.75 Å². The zero-order chi connectivity index (χ0) is 15.2. The lowest BCUT2D eigenvalue weighted by molar-refractivity contribution is -0.123. The van der Waals surface area contributed by atoms with E-state index in [9.17, 15) is 9.90 Å². The van der Waals surface area contributed by atoms with Crippen LogP contribution >= 0.6 is 0 Å². The third-order valence-electron chi connectivity index (χ3n) is 2.91. The highest BCUT2D eigenvalue weighted by atomic mass is 16.5. The molecular formula is C16H25NO3. The Kier molecular flexibility index (Phi) is 6.02. The van der Waals surface area contributed by atoms with Crippen molar-refractivity contribution in [1.82, 2.24) is 5.32 Å². The second kappa shape index (κ2) is 7.29. The fraction of sp³-hybridized carbons (Fsp3) is 0.562. The lowest BCUT2D eigenvalue weighted by Crippen LogP contribution is -2.31. The first kappa shape index (κ1) is 16.5. The minimum absolute atomic E-state index is 0.00654. The second-order valence-electron chi connectivity index (χ2n) is 6.20. The minimum atomic E-state index is -0.542. The molecule has 1 unspecified atom stereocenters. The number of carbonyl (C=O) groups is 1. The van der Waals surface area contributed by atoms with Gasteiger partial charge in [0.1, 0.15) is 5.75 Å². The summed E-state index contributed by atoms with van der Waals surface area (Å²) in [5.41, 5.74) is 0.982. The van der Waals surface area contributed by atoms with Gasteiger partial charge in [-0.15, -0.1) is 0 Å². The molecule has 0 aromatic heterocycles. The average molecular weight is 279 g/mol. The van der Waals surface area contributed by atoms with Crippen molar-refractivity contribution in [3.05, 3.63) is 29.8 Å². The van der Waals surface area contributed by atoms with Gasteiger partial charge in [0.2, 0.25) is 0 Å². The topological polar surface area (TPSA) is 58.6 Å². The molecule has 4 nitrogen and oxygen atoms in total. The Morgan fingerprint density at radius 2 is 2.10 bits per heavy atom. The van der Waals surface area contributed by atoms with Gasteiger partial charge in [0, 0.05) is 6.54 Å². The Hall–Kier alpha value is -1.55. The molecule has 20 heavy (non-hydrogen) atoms. The Bertz CT molecular complexity index is 436. The molecule has 0 aliphatic rings. The molecule has 1 amide bonds. The van der Waals surface area contributed by atoms with E-state index in [1.54, 1.807) is 25.1 Å². The summed E-state index contributed by atoms with van der Waals surface area (Å²) in [4.78, 5) is 11.6. The predicted molar refractivity (Wildman–Crippen MR) is 79.7 cm³/mol. The van der Waals surface area contributed by atoms with Crippen LogP contribution in [0.25, 0.3) is 0 Å². The number of carbonyl (C=O) groups excluding carboxylic acids is 1. The van der Waals surface area contributed by atoms with Gasteiger partial charge >= 0.3 is 0 Å². The van der Waals surface area contributed by atoms with Crippen molar-refractivity contribution < 1.29 is 14.6 Å². The number of hydrogen-bond donors (Lipinski definition) is 2. The molecule has 0 heterocycles. The average Bonchev–Trinajstić information content (AvgIpc) is 2.35. The number of ether oxygens (including phenoxy) is 1. The lowest BCUT2D eigenvalue weighted by atomic mass is 9.92. The molecule has 1 atom stereocenters. The van der Waals surface area contributed by atoms with Crippen LogP contribution in [-0.4, -0.2) is 24.2 Å². The maximum absolute atomic E-state index is 11.6. The standard InChI is InChI=1S/C16H25NO3/c1-12(18)13-6-5-7-14(10-13)20-11-15(19)17-9-8-16(2,3)4/h5-7,10,12,18H,8-9,11H2,1-4H3,(H,17,19). The second-order valence-corrected chi connectivity index (χ2v) is 6.20. The van der Waals surface area contributed by atoms with Gasteiger partial charge < -0.3 is 15.2 Å². The van der Waals surface area contributed by atoms with Gasteiger partial charge in [0.15, 0.2) is 6.61 Å². The van der Waals surface area contributed by atoms with Crippen molar-refractivity contribution in [3.63, 3.8) is 0 Å². The molecule has 0 aliphatic carbocycles. The molecule has 0 fully saturated rings. The summed E-state index contributed by atoms with van der Waals surface area (Å²) >= 11 is 0. The summed E-state index contributed by atoms with van der Waals surface area (Å²) in [6.07, 6.45) is 0.384. The van der Waals surface area contributed by atoms with Crippen molar-refractivity contribution in [2.75, 3.05) is 13.2 Å². The zero-order valence-corrected chi connectivity index (χ0v) is 12.8. The predicted octanol–water partition coefficient (Wildman–Crippen LogP) is 2.67. The van der Waals surface area contributed by atoms with Crippen LogP contribution in [0.3, 0.4) is 0 Å². The number of benzene rings is 1. The minimum Gasteiger partial charge on any atom is -0.484 e. The summed E-state index contributed by atoms with van der Waals surface area (Å²) in [5, 5.41) is 12.3. The van der Waals surface area contributed by atoms with Gasteiger partial charge in [0.25, 0.3) is 5.91 Å². The molecule has 0 saturated carbocycles. The molecule has 0 aliphatic heterocycles. The SMILES string of the molecule is CC(O)c1cccc(OCC(=O)NCCC(C)(C)C)c1. The highest BCUT2D eigenvalue weighted by Crippen LogP contribution is 2.19. The van der Waals surface area contributed by atoms with Crippen LogP contribution in [0.4, 0.5) is 0 Å². The summed E-state index contributed by atoms with van der Waals surface area (Å²) in [6.45, 7) is 8.75. The van der Waals surface area contributed by atoms with E-state index >= 15 is 0 Å². The number of hydrogen-bond acceptors (Lipinski definition) is 3. The first-order valence-corrected chi connectivity index (χ1v) is 6.95. The van der Waals surface area contributed by atoms with E-state index in [1.807, 2.05) is 6.07 Å². The smallest absolute Gasteiger partial charge is 0.257 e. The summed E-state index contributed by atoms with van der Waals surface area (Å²) < 4.78 is 5.42. The van der Waals surface area contributed by atoms with Crippen LogP contribution in [0.15, 0.2) is 24.3 Å². The highest BCUT2D eigenvalue weighted by Gasteiger charge is 2.11. The van der Waals surface area contributed by atoms with E-state index < -0.39 is 6.10 Å². The van der Waals surface area contributed by atoms with E-state index in [1.165, 1.54) is 0 Å². The van der Waals surface area contributed by atoms with Gasteiger partial charge in [-0.05, 0) is 36.5 Å². The summed E-state index contributed by atoms with van der Waals surface area (Å²) in [7, 11) is 0. The molecule has 0 spiro atoms. The number of nitrogens with one attached hydrogen (secondary N) is 1. The van der Waals surface area contributed by atoms with E-state index in [0.29, 0.717) is 12.3 Å². The van der Waals surface area contributed by atoms with Crippen molar-refractivity contribution >= 4 is 5.91 Å². The van der Waals surface area contributed by atoms with Gasteiger partial charge in [-0.3, -0.25) is 4.79 Å². The van der Waals surface area contributed by atoms with E-state index in [-0.39, 0.29) is 17.9 Å². The fourth-order valence-corrected chi connectivity index (χ4v) is 1.64. The largest absolute Gasteiger partial charge is 0.484 e. The fourth-order valence-electron chi connectivity index (χ4n) is 1.64. The summed E-state index contributed by atoms with van der Waals surface area (Å²) in [6, 6.07) is 7.14. The number of amides is 1. The Morgan fingerprint density at radius 1 is 1.40 bits per heavy atom. The molecule has 112 valence electrons. The van der Waals surface area contributed by atoms with Crippen LogP contribution in [-0.2, 0) is 4.79 Å². The number of aliphatic hydroxyl groups is 1. The molecule has 1 rings (SSSR count). The van der Waals surface area contributed by atoms with Gasteiger partial charge in [-0.2, -0.15) is 0 Å². The molecule has 0 saturated heterocycles. The van der Waals surface area contributed by atoms with Crippen LogP contribution in [0.5, 0.6) is 5.75 Å². The van der Waals surface area contributed by atoms with Crippen LogP contribution in [0, 0.1) is 5.41 Å². The third-order valence-corrected chi connectivity index (χ3v) is 2.91. The summed E-state index contributed by atoms with van der Waals surface area (Å²) in [5.74, 6) is 0.464. The highest BCUT2D eigenvalue weighted by molar-refractivity contribution is 5.77. The number of rotatable bonds is 6. The Labute approximate surface area is 121 Å². The van der Waals surface area contributed by atoms with E-state index in [0.717, 1.165) is 12.0 Å². The van der Waals surface area contributed by atoms with E-state index in [4.69, 9.17) is 4.74 Å². The Morgan fingerprint density at radius 3 is 2.70 bits per heavy atom. The van der Waals surface area contributed by atoms with Gasteiger partial charge in [0.05, 0.1) is 6.10 Å². The third kappa shape index (κ3) is 6.57. The van der Waals surface area contributed by atoms with Gasteiger partial charge in [-0.25, -0.2) is 0 Å². The maximum Gasteiger partial charge on any atom is 0.257 e. The molecule has 1 aromatic rings. The molecular weight excluding hydrogens is 254 g/mol. The first-order valence-electron chi connectivity index (χ1n) is 6.95. The van der Waals surface area contributed by atoms with Crippen LogP contribution in [0.1, 0.15) is 45.8 Å². The molecule has 4 heteroatoms. The molecule has 2 N–H and O–H groups in total. The zero-order valence-electron chi connectivity index (χ0n) is 12.8. The normalized spacial score (nSPS) is 12.8. The van der Waals surface area contributed by atoms with Gasteiger partial charge in [-0.1, -0.05) is 32.9 Å². The molecule has 0 bridgehead atoms. The first-order chi connectivity index (χ1) is 9.28. The monoisotopic (exact) mass is 279 g/mol. The quantitative estimate of drug-likeness (QED) is 0.841.